The monoisotopic (exact) mass is 403 g/mol. The van der Waals surface area contributed by atoms with Crippen LogP contribution in [0.3, 0.4) is 0 Å². The largest absolute Gasteiger partial charge is 0.409 e. The summed E-state index contributed by atoms with van der Waals surface area (Å²) in [4.78, 5) is 12.5. The molecule has 6 nitrogen and oxygen atoms in total. The molecule has 0 saturated heterocycles. The summed E-state index contributed by atoms with van der Waals surface area (Å²) >= 11 is 7.23. The van der Waals surface area contributed by atoms with Crippen LogP contribution in [-0.2, 0) is 11.2 Å². The SMILES string of the molecule is CCc1nnc(NC(=O)C2=CC(C(F)(F)F)NN2c2ccccc2Cl)s1. The van der Waals surface area contributed by atoms with E-state index >= 15 is 0 Å². The topological polar surface area (TPSA) is 70.1 Å². The molecule has 2 aromatic rings. The number of halogens is 4. The molecule has 1 aromatic heterocycles. The van der Waals surface area contributed by atoms with Crippen molar-refractivity contribution in [2.75, 3.05) is 10.3 Å². The molecule has 138 valence electrons. The Balaban J connectivity index is 1.90. The van der Waals surface area contributed by atoms with E-state index in [1.807, 2.05) is 6.92 Å². The summed E-state index contributed by atoms with van der Waals surface area (Å²) < 4.78 is 39.4. The highest BCUT2D eigenvalue weighted by Gasteiger charge is 2.45. The molecule has 1 aliphatic heterocycles. The number of hydrogen-bond donors (Lipinski definition) is 2. The zero-order chi connectivity index (χ0) is 18.9. The third kappa shape index (κ3) is 3.81. The Morgan fingerprint density at radius 2 is 2.12 bits per heavy atom. The minimum atomic E-state index is -4.57. The van der Waals surface area contributed by atoms with E-state index < -0.39 is 18.1 Å². The molecule has 1 aromatic carbocycles. The first-order chi connectivity index (χ1) is 12.3. The number of alkyl halides is 3. The molecule has 1 unspecified atom stereocenters. The van der Waals surface area contributed by atoms with Gasteiger partial charge in [-0.3, -0.25) is 15.1 Å². The molecule has 0 aliphatic carbocycles. The molecule has 2 heterocycles. The maximum atomic E-state index is 13.1. The number of nitrogens with one attached hydrogen (secondary N) is 2. The third-order valence-corrected chi connectivity index (χ3v) is 4.80. The van der Waals surface area contributed by atoms with Crippen LogP contribution in [0.1, 0.15) is 11.9 Å². The lowest BCUT2D eigenvalue weighted by Crippen LogP contribution is -2.45. The average molecular weight is 404 g/mol. The van der Waals surface area contributed by atoms with E-state index in [0.717, 1.165) is 22.4 Å². The molecule has 0 saturated carbocycles. The van der Waals surface area contributed by atoms with Crippen LogP contribution in [0.2, 0.25) is 5.02 Å². The van der Waals surface area contributed by atoms with Crippen molar-refractivity contribution in [3.8, 4) is 0 Å². The van der Waals surface area contributed by atoms with Gasteiger partial charge >= 0.3 is 6.18 Å². The van der Waals surface area contributed by atoms with Gasteiger partial charge in [0.2, 0.25) is 5.13 Å². The number of carbonyl (C=O) groups is 1. The van der Waals surface area contributed by atoms with Crippen molar-refractivity contribution in [1.82, 2.24) is 15.6 Å². The number of para-hydroxylation sites is 1. The molecule has 0 bridgehead atoms. The van der Waals surface area contributed by atoms with E-state index in [0.29, 0.717) is 11.4 Å². The minimum absolute atomic E-state index is 0.200. The quantitative estimate of drug-likeness (QED) is 0.817. The Hall–Kier alpha value is -2.17. The van der Waals surface area contributed by atoms with Crippen molar-refractivity contribution < 1.29 is 18.0 Å². The van der Waals surface area contributed by atoms with E-state index in [2.05, 4.69) is 20.9 Å². The second-order valence-corrected chi connectivity index (χ2v) is 6.77. The van der Waals surface area contributed by atoms with E-state index in [-0.39, 0.29) is 21.5 Å². The highest BCUT2D eigenvalue weighted by atomic mass is 35.5. The lowest BCUT2D eigenvalue weighted by atomic mass is 10.2. The smallest absolute Gasteiger partial charge is 0.295 e. The second-order valence-electron chi connectivity index (χ2n) is 5.30. The zero-order valence-electron chi connectivity index (χ0n) is 13.3. The summed E-state index contributed by atoms with van der Waals surface area (Å²) in [5.74, 6) is -0.747. The normalized spacial score (nSPS) is 17.3. The van der Waals surface area contributed by atoms with Gasteiger partial charge in [-0.2, -0.15) is 13.2 Å². The molecule has 1 aliphatic rings. The van der Waals surface area contributed by atoms with Gasteiger partial charge in [-0.1, -0.05) is 42.0 Å². The van der Waals surface area contributed by atoms with Gasteiger partial charge in [-0.05, 0) is 24.6 Å². The van der Waals surface area contributed by atoms with Gasteiger partial charge in [0.25, 0.3) is 5.91 Å². The number of benzene rings is 1. The Morgan fingerprint density at radius 3 is 2.73 bits per heavy atom. The Kier molecular flexibility index (Phi) is 5.17. The van der Waals surface area contributed by atoms with Crippen molar-refractivity contribution >= 4 is 39.7 Å². The van der Waals surface area contributed by atoms with Crippen LogP contribution in [0, 0.1) is 0 Å². The van der Waals surface area contributed by atoms with Crippen molar-refractivity contribution in [3.05, 3.63) is 46.1 Å². The molecular weight excluding hydrogens is 391 g/mol. The van der Waals surface area contributed by atoms with Crippen molar-refractivity contribution in [1.29, 1.82) is 0 Å². The summed E-state index contributed by atoms with van der Waals surface area (Å²) in [7, 11) is 0. The van der Waals surface area contributed by atoms with E-state index in [9.17, 15) is 18.0 Å². The number of aryl methyl sites for hydroxylation is 1. The van der Waals surface area contributed by atoms with E-state index in [1.54, 1.807) is 12.1 Å². The molecule has 0 fully saturated rings. The average Bonchev–Trinajstić information content (AvgIpc) is 3.21. The van der Waals surface area contributed by atoms with E-state index in [1.165, 1.54) is 12.1 Å². The number of hydrogen-bond acceptors (Lipinski definition) is 6. The Bertz CT molecular complexity index is 854. The highest BCUT2D eigenvalue weighted by Crippen LogP contribution is 2.34. The number of carbonyl (C=O) groups excluding carboxylic acids is 1. The van der Waals surface area contributed by atoms with Crippen LogP contribution in [0.15, 0.2) is 36.0 Å². The standard InChI is InChI=1S/C15H13ClF3N5OS/c1-2-12-21-22-14(26-12)20-13(25)10-7-11(15(17,18)19)23-24(10)9-6-4-3-5-8(9)16/h3-7,11,23H,2H2,1H3,(H,20,22,25). The van der Waals surface area contributed by atoms with E-state index in [4.69, 9.17) is 11.6 Å². The predicted molar refractivity (Wildman–Crippen MR) is 92.9 cm³/mol. The van der Waals surface area contributed by atoms with Crippen LogP contribution in [-0.4, -0.2) is 28.3 Å². The maximum absolute atomic E-state index is 13.1. The number of rotatable bonds is 4. The number of amides is 1. The summed E-state index contributed by atoms with van der Waals surface area (Å²) in [6.45, 7) is 1.88. The summed E-state index contributed by atoms with van der Waals surface area (Å²) in [5, 5.41) is 12.3. The fourth-order valence-corrected chi connectivity index (χ4v) is 3.16. The van der Waals surface area contributed by atoms with Crippen molar-refractivity contribution in [2.24, 2.45) is 0 Å². The van der Waals surface area contributed by atoms with Crippen molar-refractivity contribution in [2.45, 2.75) is 25.6 Å². The Labute approximate surface area is 155 Å². The molecule has 2 N–H and O–H groups in total. The second kappa shape index (κ2) is 7.22. The van der Waals surface area contributed by atoms with Crippen LogP contribution < -0.4 is 15.8 Å². The molecule has 1 amide bonds. The highest BCUT2D eigenvalue weighted by molar-refractivity contribution is 7.15. The zero-order valence-corrected chi connectivity index (χ0v) is 14.9. The third-order valence-electron chi connectivity index (χ3n) is 3.50. The first-order valence-electron chi connectivity index (χ1n) is 7.52. The predicted octanol–water partition coefficient (Wildman–Crippen LogP) is 3.53. The fraction of sp³-hybridized carbons (Fsp3) is 0.267. The van der Waals surface area contributed by atoms with Crippen LogP contribution in [0.5, 0.6) is 0 Å². The van der Waals surface area contributed by atoms with Gasteiger partial charge in [0.1, 0.15) is 16.7 Å². The van der Waals surface area contributed by atoms with Gasteiger partial charge in [-0.15, -0.1) is 10.2 Å². The van der Waals surface area contributed by atoms with Crippen LogP contribution >= 0.6 is 22.9 Å². The van der Waals surface area contributed by atoms with Crippen molar-refractivity contribution in [3.63, 3.8) is 0 Å². The lowest BCUT2D eigenvalue weighted by molar-refractivity contribution is -0.142. The Morgan fingerprint density at radius 1 is 1.38 bits per heavy atom. The number of aromatic nitrogens is 2. The van der Waals surface area contributed by atoms with Crippen LogP contribution in [0.25, 0.3) is 0 Å². The molecule has 0 spiro atoms. The lowest BCUT2D eigenvalue weighted by Gasteiger charge is -2.24. The summed E-state index contributed by atoms with van der Waals surface area (Å²) in [6, 6.07) is 4.26. The summed E-state index contributed by atoms with van der Waals surface area (Å²) in [6.07, 6.45) is -3.13. The minimum Gasteiger partial charge on any atom is -0.295 e. The van der Waals surface area contributed by atoms with Gasteiger partial charge in [0.15, 0.2) is 0 Å². The van der Waals surface area contributed by atoms with Gasteiger partial charge in [-0.25, -0.2) is 5.43 Å². The molecule has 0 radical (unpaired) electrons. The van der Waals surface area contributed by atoms with Gasteiger partial charge < -0.3 is 0 Å². The molecule has 26 heavy (non-hydrogen) atoms. The first kappa shape index (κ1) is 18.6. The number of anilines is 2. The molecule has 3 rings (SSSR count). The van der Waals surface area contributed by atoms with Gasteiger partial charge in [0.05, 0.1) is 10.7 Å². The molecule has 1 atom stereocenters. The molecular formula is C15H13ClF3N5OS. The number of nitrogens with zero attached hydrogens (tertiary/aromatic N) is 3. The first-order valence-corrected chi connectivity index (χ1v) is 8.72. The summed E-state index contributed by atoms with van der Waals surface area (Å²) in [5.41, 5.74) is 2.26. The van der Waals surface area contributed by atoms with Gasteiger partial charge in [0, 0.05) is 0 Å². The number of hydrazine groups is 1. The maximum Gasteiger partial charge on any atom is 0.409 e. The van der Waals surface area contributed by atoms with Crippen LogP contribution in [0.4, 0.5) is 24.0 Å². The molecule has 11 heteroatoms. The fourth-order valence-electron chi connectivity index (χ4n) is 2.26.